The SMILES string of the molecule is Cn1cc(C#N)c2ncnc(N3CCN(CCc4c[nH]c5ccccc45)CC3)c21. The minimum atomic E-state index is 0.600. The highest BCUT2D eigenvalue weighted by Crippen LogP contribution is 2.27. The Kier molecular flexibility index (Phi) is 4.41. The third-order valence-corrected chi connectivity index (χ3v) is 5.90. The highest BCUT2D eigenvalue weighted by atomic mass is 15.3. The molecule has 0 bridgehead atoms. The van der Waals surface area contributed by atoms with Gasteiger partial charge in [0.05, 0.1) is 5.56 Å². The predicted octanol–water partition coefficient (Wildman–Crippen LogP) is 2.69. The zero-order valence-electron chi connectivity index (χ0n) is 16.5. The fourth-order valence-corrected chi connectivity index (χ4v) is 4.32. The van der Waals surface area contributed by atoms with E-state index < -0.39 is 0 Å². The average Bonchev–Trinajstić information content (AvgIpc) is 3.33. The third kappa shape index (κ3) is 3.12. The number of nitrogens with zero attached hydrogens (tertiary/aromatic N) is 6. The predicted molar refractivity (Wildman–Crippen MR) is 114 cm³/mol. The van der Waals surface area contributed by atoms with Crippen molar-refractivity contribution in [2.24, 2.45) is 7.05 Å². The van der Waals surface area contributed by atoms with Crippen molar-refractivity contribution < 1.29 is 0 Å². The molecule has 1 aromatic carbocycles. The van der Waals surface area contributed by atoms with Gasteiger partial charge in [0.1, 0.15) is 23.4 Å². The first kappa shape index (κ1) is 17.7. The fraction of sp³-hybridized carbons (Fsp3) is 0.318. The Balaban J connectivity index is 1.27. The highest BCUT2D eigenvalue weighted by Gasteiger charge is 2.22. The molecule has 7 heteroatoms. The van der Waals surface area contributed by atoms with E-state index in [1.54, 1.807) is 6.33 Å². The van der Waals surface area contributed by atoms with Gasteiger partial charge < -0.3 is 14.5 Å². The molecule has 3 aromatic heterocycles. The molecule has 0 aliphatic carbocycles. The van der Waals surface area contributed by atoms with Crippen LogP contribution in [-0.2, 0) is 13.5 Å². The number of hydrogen-bond donors (Lipinski definition) is 1. The van der Waals surface area contributed by atoms with E-state index in [2.05, 4.69) is 61.3 Å². The van der Waals surface area contributed by atoms with Crippen molar-refractivity contribution in [3.8, 4) is 6.07 Å². The molecule has 7 nitrogen and oxygen atoms in total. The van der Waals surface area contributed by atoms with Crippen molar-refractivity contribution in [3.05, 3.63) is 54.1 Å². The summed E-state index contributed by atoms with van der Waals surface area (Å²) in [5.74, 6) is 0.926. The van der Waals surface area contributed by atoms with Gasteiger partial charge in [-0.3, -0.25) is 4.90 Å². The Morgan fingerprint density at radius 1 is 1.14 bits per heavy atom. The van der Waals surface area contributed by atoms with Crippen molar-refractivity contribution in [3.63, 3.8) is 0 Å². The van der Waals surface area contributed by atoms with Crippen LogP contribution in [-0.4, -0.2) is 57.1 Å². The highest BCUT2D eigenvalue weighted by molar-refractivity contribution is 5.91. The lowest BCUT2D eigenvalue weighted by Gasteiger charge is -2.35. The first-order chi connectivity index (χ1) is 14.2. The van der Waals surface area contributed by atoms with Crippen molar-refractivity contribution >= 4 is 27.8 Å². The largest absolute Gasteiger partial charge is 0.361 e. The van der Waals surface area contributed by atoms with E-state index in [9.17, 15) is 5.26 Å². The molecule has 0 atom stereocenters. The number of rotatable bonds is 4. The van der Waals surface area contributed by atoms with Crippen molar-refractivity contribution in [2.45, 2.75) is 6.42 Å². The van der Waals surface area contributed by atoms with Gasteiger partial charge in [-0.25, -0.2) is 9.97 Å². The number of benzene rings is 1. The van der Waals surface area contributed by atoms with Crippen LogP contribution in [0.5, 0.6) is 0 Å². The standard InChI is InChI=1S/C22H23N7/c1-27-14-17(12-23)20-21(27)22(26-15-25-20)29-10-8-28(9-11-29)7-6-16-13-24-19-5-3-2-4-18(16)19/h2-5,13-15,24H,6-11H2,1H3. The number of anilines is 1. The first-order valence-corrected chi connectivity index (χ1v) is 9.97. The van der Waals surface area contributed by atoms with Crippen LogP contribution in [0.25, 0.3) is 21.9 Å². The molecular formula is C22H23N7. The maximum atomic E-state index is 9.34. The number of aromatic nitrogens is 4. The summed E-state index contributed by atoms with van der Waals surface area (Å²) < 4.78 is 1.96. The number of hydrogen-bond acceptors (Lipinski definition) is 5. The molecule has 146 valence electrons. The lowest BCUT2D eigenvalue weighted by molar-refractivity contribution is 0.261. The Morgan fingerprint density at radius 3 is 2.79 bits per heavy atom. The molecule has 1 fully saturated rings. The second-order valence-electron chi connectivity index (χ2n) is 7.60. The number of nitriles is 1. The van der Waals surface area contributed by atoms with Gasteiger partial charge in [0.15, 0.2) is 5.82 Å². The van der Waals surface area contributed by atoms with Crippen molar-refractivity contribution in [1.82, 2.24) is 24.4 Å². The molecule has 4 heterocycles. The van der Waals surface area contributed by atoms with E-state index in [-0.39, 0.29) is 0 Å². The van der Waals surface area contributed by atoms with Crippen LogP contribution in [0, 0.1) is 11.3 Å². The minimum absolute atomic E-state index is 0.600. The van der Waals surface area contributed by atoms with Crippen LogP contribution in [0.1, 0.15) is 11.1 Å². The third-order valence-electron chi connectivity index (χ3n) is 5.90. The molecule has 1 N–H and O–H groups in total. The second-order valence-corrected chi connectivity index (χ2v) is 7.60. The van der Waals surface area contributed by atoms with Gasteiger partial charge >= 0.3 is 0 Å². The summed E-state index contributed by atoms with van der Waals surface area (Å²) in [6.45, 7) is 4.91. The maximum Gasteiger partial charge on any atom is 0.156 e. The maximum absolute atomic E-state index is 9.34. The van der Waals surface area contributed by atoms with Crippen molar-refractivity contribution in [1.29, 1.82) is 5.26 Å². The summed E-state index contributed by atoms with van der Waals surface area (Å²) in [5, 5.41) is 10.7. The molecule has 1 aliphatic heterocycles. The lowest BCUT2D eigenvalue weighted by Crippen LogP contribution is -2.47. The zero-order valence-corrected chi connectivity index (χ0v) is 16.5. The molecule has 1 aliphatic rings. The summed E-state index contributed by atoms with van der Waals surface area (Å²) in [7, 11) is 1.95. The normalized spacial score (nSPS) is 15.2. The van der Waals surface area contributed by atoms with Crippen LogP contribution >= 0.6 is 0 Å². The van der Waals surface area contributed by atoms with Gasteiger partial charge in [-0.1, -0.05) is 18.2 Å². The van der Waals surface area contributed by atoms with E-state index in [0.29, 0.717) is 5.56 Å². The number of para-hydroxylation sites is 1. The van der Waals surface area contributed by atoms with Crippen LogP contribution in [0.3, 0.4) is 0 Å². The van der Waals surface area contributed by atoms with Gasteiger partial charge in [-0.15, -0.1) is 0 Å². The smallest absolute Gasteiger partial charge is 0.156 e. The number of H-pyrrole nitrogens is 1. The number of nitrogens with one attached hydrogen (secondary N) is 1. The van der Waals surface area contributed by atoms with E-state index in [1.165, 1.54) is 16.5 Å². The average molecular weight is 385 g/mol. The molecule has 1 saturated heterocycles. The Morgan fingerprint density at radius 2 is 1.97 bits per heavy atom. The molecule has 0 radical (unpaired) electrons. The van der Waals surface area contributed by atoms with Gasteiger partial charge in [-0.05, 0) is 18.1 Å². The first-order valence-electron chi connectivity index (χ1n) is 9.97. The van der Waals surface area contributed by atoms with E-state index in [0.717, 1.165) is 56.0 Å². The Bertz CT molecular complexity index is 1210. The van der Waals surface area contributed by atoms with Gasteiger partial charge in [0, 0.05) is 63.1 Å². The monoisotopic (exact) mass is 385 g/mol. The molecule has 0 amide bonds. The van der Waals surface area contributed by atoms with E-state index in [4.69, 9.17) is 0 Å². The summed E-state index contributed by atoms with van der Waals surface area (Å²) in [5.41, 5.74) is 4.87. The zero-order chi connectivity index (χ0) is 19.8. The quantitative estimate of drug-likeness (QED) is 0.584. The number of aryl methyl sites for hydroxylation is 1. The molecule has 5 rings (SSSR count). The summed E-state index contributed by atoms with van der Waals surface area (Å²) in [4.78, 5) is 17.1. The molecule has 0 unspecified atom stereocenters. The molecule has 0 saturated carbocycles. The molecule has 4 aromatic rings. The van der Waals surface area contributed by atoms with E-state index in [1.807, 2.05) is 17.8 Å². The van der Waals surface area contributed by atoms with Gasteiger partial charge in [0.25, 0.3) is 0 Å². The molecule has 0 spiro atoms. The second kappa shape index (κ2) is 7.22. The summed E-state index contributed by atoms with van der Waals surface area (Å²) >= 11 is 0. The molecular weight excluding hydrogens is 362 g/mol. The summed E-state index contributed by atoms with van der Waals surface area (Å²) in [6.07, 6.45) is 6.59. The van der Waals surface area contributed by atoms with Gasteiger partial charge in [-0.2, -0.15) is 5.26 Å². The van der Waals surface area contributed by atoms with E-state index >= 15 is 0 Å². The van der Waals surface area contributed by atoms with Crippen LogP contribution in [0.15, 0.2) is 43.0 Å². The van der Waals surface area contributed by atoms with Crippen molar-refractivity contribution in [2.75, 3.05) is 37.6 Å². The minimum Gasteiger partial charge on any atom is -0.361 e. The summed E-state index contributed by atoms with van der Waals surface area (Å²) in [6, 6.07) is 10.7. The van der Waals surface area contributed by atoms with Crippen LogP contribution in [0.4, 0.5) is 5.82 Å². The lowest BCUT2D eigenvalue weighted by atomic mass is 10.1. The number of aromatic amines is 1. The fourth-order valence-electron chi connectivity index (χ4n) is 4.32. The van der Waals surface area contributed by atoms with Gasteiger partial charge in [0.2, 0.25) is 0 Å². The Labute approximate surface area is 169 Å². The Hall–Kier alpha value is -3.37. The molecule has 29 heavy (non-hydrogen) atoms. The topological polar surface area (TPSA) is 76.8 Å². The van der Waals surface area contributed by atoms with Crippen LogP contribution < -0.4 is 4.90 Å². The number of fused-ring (bicyclic) bond motifs is 2. The van der Waals surface area contributed by atoms with Crippen LogP contribution in [0.2, 0.25) is 0 Å². The number of piperazine rings is 1.